The number of hydrogen-bond donors (Lipinski definition) is 0. The van der Waals surface area contributed by atoms with Gasteiger partial charge < -0.3 is 0 Å². The van der Waals surface area contributed by atoms with Crippen molar-refractivity contribution in [3.05, 3.63) is 52.9 Å². The first-order valence-electron chi connectivity index (χ1n) is 4.69. The van der Waals surface area contributed by atoms with Crippen molar-refractivity contribution in [2.24, 2.45) is 0 Å². The smallest absolute Gasteiger partial charge is 0.196 e. The molecule has 0 unspecified atom stereocenters. The Kier molecular flexibility index (Phi) is 2.34. The van der Waals surface area contributed by atoms with Crippen molar-refractivity contribution in [2.75, 3.05) is 0 Å². The van der Waals surface area contributed by atoms with Crippen LogP contribution in [0.1, 0.15) is 15.9 Å². The van der Waals surface area contributed by atoms with Gasteiger partial charge in [-0.25, -0.2) is 4.39 Å². The van der Waals surface area contributed by atoms with E-state index in [0.29, 0.717) is 0 Å². The zero-order valence-corrected chi connectivity index (χ0v) is 8.62. The van der Waals surface area contributed by atoms with Crippen LogP contribution in [0.4, 0.5) is 4.39 Å². The Morgan fingerprint density at radius 1 is 1.29 bits per heavy atom. The lowest BCUT2D eigenvalue weighted by Gasteiger charge is -1.99. The summed E-state index contributed by atoms with van der Waals surface area (Å²) in [6.07, 6.45) is 0. The summed E-state index contributed by atoms with van der Waals surface area (Å²) in [4.78, 5) is 11.8. The van der Waals surface area contributed by atoms with Crippen LogP contribution in [-0.2, 0) is 0 Å². The van der Waals surface area contributed by atoms with Crippen LogP contribution in [0, 0.1) is 28.5 Å². The molecule has 3 nitrogen and oxygen atoms in total. The van der Waals surface area contributed by atoms with Gasteiger partial charge in [-0.3, -0.25) is 4.79 Å². The fraction of sp³-hybridized carbons (Fsp3) is 0. The van der Waals surface area contributed by atoms with Gasteiger partial charge in [-0.1, -0.05) is 18.7 Å². The largest absolute Gasteiger partial charge is 0.288 e. The van der Waals surface area contributed by atoms with Crippen molar-refractivity contribution in [3.8, 4) is 12.1 Å². The molecular weight excluding hydrogens is 219 g/mol. The Labute approximate surface area is 96.7 Å². The Bertz CT molecular complexity index is 656. The minimum Gasteiger partial charge on any atom is -0.288 e. The van der Waals surface area contributed by atoms with Crippen LogP contribution in [0.3, 0.4) is 0 Å². The molecule has 0 amide bonds. The van der Waals surface area contributed by atoms with E-state index in [1.807, 2.05) is 0 Å². The highest BCUT2D eigenvalue weighted by molar-refractivity contribution is 6.27. The lowest BCUT2D eigenvalue weighted by atomic mass is 10.0. The molecule has 17 heavy (non-hydrogen) atoms. The van der Waals surface area contributed by atoms with Crippen LogP contribution in [0.25, 0.3) is 5.57 Å². The standard InChI is InChI=1S/C13H5FN2O/c1-7-11(8(5-15)6-16)9-3-2-4-10(14)12(9)13(7)17/h2-4H,1H2. The van der Waals surface area contributed by atoms with Crippen molar-refractivity contribution in [1.29, 1.82) is 10.5 Å². The van der Waals surface area contributed by atoms with Gasteiger partial charge in [0.2, 0.25) is 0 Å². The van der Waals surface area contributed by atoms with E-state index in [1.165, 1.54) is 12.1 Å². The summed E-state index contributed by atoms with van der Waals surface area (Å²) in [6.45, 7) is 3.51. The fourth-order valence-electron chi connectivity index (χ4n) is 1.81. The molecule has 0 N–H and O–H groups in total. The van der Waals surface area contributed by atoms with Gasteiger partial charge in [0.15, 0.2) is 5.78 Å². The summed E-state index contributed by atoms with van der Waals surface area (Å²) in [7, 11) is 0. The molecule has 0 aromatic heterocycles. The Balaban J connectivity index is 2.89. The predicted octanol–water partition coefficient (Wildman–Crippen LogP) is 2.38. The molecule has 2 rings (SSSR count). The summed E-state index contributed by atoms with van der Waals surface area (Å²) in [6, 6.07) is 7.46. The fourth-order valence-corrected chi connectivity index (χ4v) is 1.81. The first-order valence-corrected chi connectivity index (χ1v) is 4.69. The zero-order chi connectivity index (χ0) is 12.6. The summed E-state index contributed by atoms with van der Waals surface area (Å²) < 4.78 is 13.5. The highest BCUT2D eigenvalue weighted by Crippen LogP contribution is 2.38. The number of benzene rings is 1. The molecule has 1 aliphatic carbocycles. The monoisotopic (exact) mass is 224 g/mol. The van der Waals surface area contributed by atoms with Crippen LogP contribution in [0.5, 0.6) is 0 Å². The van der Waals surface area contributed by atoms with Crippen LogP contribution in [0.15, 0.2) is 35.9 Å². The predicted molar refractivity (Wildman–Crippen MR) is 58.0 cm³/mol. The van der Waals surface area contributed by atoms with Gasteiger partial charge in [-0.2, -0.15) is 10.5 Å². The SMILES string of the molecule is C=C1C(=O)c2c(F)cccc2C1=C(C#N)C#N. The molecule has 0 aliphatic heterocycles. The van der Waals surface area contributed by atoms with Crippen molar-refractivity contribution in [2.45, 2.75) is 0 Å². The number of fused-ring (bicyclic) bond motifs is 1. The summed E-state index contributed by atoms with van der Waals surface area (Å²) in [5.74, 6) is -1.24. The van der Waals surface area contributed by atoms with Crippen LogP contribution >= 0.6 is 0 Å². The Morgan fingerprint density at radius 2 is 1.94 bits per heavy atom. The van der Waals surface area contributed by atoms with Gasteiger partial charge in [0.25, 0.3) is 0 Å². The molecule has 1 aromatic carbocycles. The zero-order valence-electron chi connectivity index (χ0n) is 8.62. The van der Waals surface area contributed by atoms with E-state index in [0.717, 1.165) is 6.07 Å². The van der Waals surface area contributed by atoms with Crippen molar-refractivity contribution in [3.63, 3.8) is 0 Å². The van der Waals surface area contributed by atoms with Gasteiger partial charge in [0.1, 0.15) is 23.5 Å². The molecule has 0 bridgehead atoms. The van der Waals surface area contributed by atoms with E-state index < -0.39 is 11.6 Å². The molecule has 1 aromatic rings. The topological polar surface area (TPSA) is 64.7 Å². The number of Topliss-reactive ketones (excluding diaryl/α,β-unsaturated/α-hetero) is 1. The van der Waals surface area contributed by atoms with Crippen molar-refractivity contribution >= 4 is 11.4 Å². The highest BCUT2D eigenvalue weighted by atomic mass is 19.1. The molecular formula is C13H5FN2O. The molecule has 80 valence electrons. The van der Waals surface area contributed by atoms with Crippen molar-refractivity contribution in [1.82, 2.24) is 0 Å². The van der Waals surface area contributed by atoms with Crippen LogP contribution < -0.4 is 0 Å². The maximum atomic E-state index is 13.5. The van der Waals surface area contributed by atoms with Gasteiger partial charge in [-0.05, 0) is 11.6 Å². The second-order valence-corrected chi connectivity index (χ2v) is 3.44. The molecule has 0 saturated heterocycles. The number of carbonyl (C=O) groups excluding carboxylic acids is 1. The third kappa shape index (κ3) is 1.36. The molecule has 0 atom stereocenters. The van der Waals surface area contributed by atoms with Gasteiger partial charge >= 0.3 is 0 Å². The van der Waals surface area contributed by atoms with Gasteiger partial charge in [0, 0.05) is 11.1 Å². The lowest BCUT2D eigenvalue weighted by Crippen LogP contribution is -1.97. The second kappa shape index (κ2) is 3.70. The third-order valence-electron chi connectivity index (χ3n) is 2.56. The second-order valence-electron chi connectivity index (χ2n) is 3.44. The van der Waals surface area contributed by atoms with Gasteiger partial charge in [0.05, 0.1) is 5.56 Å². The molecule has 1 aliphatic rings. The van der Waals surface area contributed by atoms with E-state index in [9.17, 15) is 9.18 Å². The molecule has 0 fully saturated rings. The number of hydrogen-bond acceptors (Lipinski definition) is 3. The van der Waals surface area contributed by atoms with Crippen molar-refractivity contribution < 1.29 is 9.18 Å². The number of halogens is 1. The Hall–Kier alpha value is -2.72. The minimum absolute atomic E-state index is 0.0109. The average molecular weight is 224 g/mol. The number of ketones is 1. The number of rotatable bonds is 0. The maximum Gasteiger partial charge on any atom is 0.196 e. The average Bonchev–Trinajstić information content (AvgIpc) is 2.57. The minimum atomic E-state index is -0.668. The first kappa shape index (κ1) is 10.8. The molecule has 0 saturated carbocycles. The summed E-state index contributed by atoms with van der Waals surface area (Å²) >= 11 is 0. The third-order valence-corrected chi connectivity index (χ3v) is 2.56. The number of allylic oxidation sites excluding steroid dienone is 3. The molecule has 0 spiro atoms. The lowest BCUT2D eigenvalue weighted by molar-refractivity contribution is 0.104. The van der Waals surface area contributed by atoms with Crippen LogP contribution in [-0.4, -0.2) is 5.78 Å². The van der Waals surface area contributed by atoms with Gasteiger partial charge in [-0.15, -0.1) is 0 Å². The Morgan fingerprint density at radius 3 is 2.53 bits per heavy atom. The number of carbonyl (C=O) groups is 1. The summed E-state index contributed by atoms with van der Waals surface area (Å²) in [5, 5.41) is 17.6. The molecule has 0 radical (unpaired) electrons. The highest BCUT2D eigenvalue weighted by Gasteiger charge is 2.33. The van der Waals surface area contributed by atoms with E-state index in [1.54, 1.807) is 12.1 Å². The number of nitrogens with zero attached hydrogens (tertiary/aromatic N) is 2. The normalized spacial score (nSPS) is 13.0. The maximum absolute atomic E-state index is 13.5. The molecule has 4 heteroatoms. The van der Waals surface area contributed by atoms with E-state index in [2.05, 4.69) is 6.58 Å². The van der Waals surface area contributed by atoms with E-state index in [4.69, 9.17) is 10.5 Å². The first-order chi connectivity index (χ1) is 8.11. The van der Waals surface area contributed by atoms with Crippen LogP contribution in [0.2, 0.25) is 0 Å². The van der Waals surface area contributed by atoms with E-state index in [-0.39, 0.29) is 27.8 Å². The number of nitriles is 2. The molecule has 0 heterocycles. The quantitative estimate of drug-likeness (QED) is 0.502. The summed E-state index contributed by atoms with van der Waals surface area (Å²) in [5.41, 5.74) is 0.0407. The van der Waals surface area contributed by atoms with E-state index >= 15 is 0 Å².